The van der Waals surface area contributed by atoms with Crippen molar-refractivity contribution in [3.63, 3.8) is 0 Å². The SMILES string of the molecule is Cc1ccc(Br)c(C(=O)NC2CCCCC2CN)c1. The molecule has 2 atom stereocenters. The zero-order valence-corrected chi connectivity index (χ0v) is 12.9. The van der Waals surface area contributed by atoms with Gasteiger partial charge in [-0.1, -0.05) is 24.5 Å². The Morgan fingerprint density at radius 2 is 2.16 bits per heavy atom. The second kappa shape index (κ2) is 6.53. The quantitative estimate of drug-likeness (QED) is 0.898. The van der Waals surface area contributed by atoms with Gasteiger partial charge in [-0.2, -0.15) is 0 Å². The zero-order valence-electron chi connectivity index (χ0n) is 11.3. The van der Waals surface area contributed by atoms with Crippen molar-refractivity contribution in [2.75, 3.05) is 6.54 Å². The second-order valence-electron chi connectivity index (χ2n) is 5.34. The van der Waals surface area contributed by atoms with Crippen LogP contribution in [0.25, 0.3) is 0 Å². The van der Waals surface area contributed by atoms with E-state index in [0.717, 1.165) is 22.9 Å². The van der Waals surface area contributed by atoms with Crippen LogP contribution in [0.2, 0.25) is 0 Å². The molecule has 1 aromatic rings. The fourth-order valence-corrected chi connectivity index (χ4v) is 3.17. The molecule has 3 N–H and O–H groups in total. The molecule has 1 aromatic carbocycles. The number of carbonyl (C=O) groups is 1. The van der Waals surface area contributed by atoms with Crippen molar-refractivity contribution in [2.45, 2.75) is 38.6 Å². The lowest BCUT2D eigenvalue weighted by atomic mass is 9.84. The van der Waals surface area contributed by atoms with E-state index in [1.165, 1.54) is 12.8 Å². The molecule has 0 bridgehead atoms. The highest BCUT2D eigenvalue weighted by molar-refractivity contribution is 9.10. The van der Waals surface area contributed by atoms with Gasteiger partial charge in [0.15, 0.2) is 0 Å². The Morgan fingerprint density at radius 1 is 1.42 bits per heavy atom. The molecule has 0 radical (unpaired) electrons. The van der Waals surface area contributed by atoms with Gasteiger partial charge in [0.1, 0.15) is 0 Å². The van der Waals surface area contributed by atoms with Gasteiger partial charge in [-0.3, -0.25) is 4.79 Å². The highest BCUT2D eigenvalue weighted by atomic mass is 79.9. The van der Waals surface area contributed by atoms with Gasteiger partial charge in [0.25, 0.3) is 5.91 Å². The van der Waals surface area contributed by atoms with Crippen LogP contribution >= 0.6 is 15.9 Å². The predicted octanol–water partition coefficient (Wildman–Crippen LogP) is 3.00. The van der Waals surface area contributed by atoms with E-state index in [-0.39, 0.29) is 11.9 Å². The van der Waals surface area contributed by atoms with Gasteiger partial charge in [0, 0.05) is 10.5 Å². The highest BCUT2D eigenvalue weighted by Gasteiger charge is 2.26. The summed E-state index contributed by atoms with van der Waals surface area (Å²) in [4.78, 5) is 12.4. The summed E-state index contributed by atoms with van der Waals surface area (Å²) in [6.45, 7) is 2.65. The Balaban J connectivity index is 2.09. The number of hydrogen-bond donors (Lipinski definition) is 2. The van der Waals surface area contributed by atoms with Gasteiger partial charge < -0.3 is 11.1 Å². The van der Waals surface area contributed by atoms with Gasteiger partial charge in [0.2, 0.25) is 0 Å². The molecule has 0 aromatic heterocycles. The third-order valence-corrected chi connectivity index (χ3v) is 4.59. The van der Waals surface area contributed by atoms with Crippen LogP contribution in [-0.4, -0.2) is 18.5 Å². The van der Waals surface area contributed by atoms with E-state index in [9.17, 15) is 4.79 Å². The van der Waals surface area contributed by atoms with Crippen molar-refractivity contribution in [3.8, 4) is 0 Å². The number of amides is 1. The largest absolute Gasteiger partial charge is 0.349 e. The number of halogens is 1. The first kappa shape index (κ1) is 14.5. The first-order chi connectivity index (χ1) is 9.11. The zero-order chi connectivity index (χ0) is 13.8. The summed E-state index contributed by atoms with van der Waals surface area (Å²) in [5.74, 6) is 0.419. The Labute approximate surface area is 123 Å². The summed E-state index contributed by atoms with van der Waals surface area (Å²) in [5.41, 5.74) is 7.60. The fourth-order valence-electron chi connectivity index (χ4n) is 2.74. The van der Waals surface area contributed by atoms with E-state index in [2.05, 4.69) is 21.2 Å². The van der Waals surface area contributed by atoms with Crippen molar-refractivity contribution < 1.29 is 4.79 Å². The summed E-state index contributed by atoms with van der Waals surface area (Å²) in [5, 5.41) is 3.16. The van der Waals surface area contributed by atoms with Crippen molar-refractivity contribution >= 4 is 21.8 Å². The van der Waals surface area contributed by atoms with E-state index in [1.807, 2.05) is 25.1 Å². The molecule has 1 aliphatic rings. The number of carbonyl (C=O) groups excluding carboxylic acids is 1. The standard InChI is InChI=1S/C15H21BrN2O/c1-10-6-7-13(16)12(8-10)15(19)18-14-5-3-2-4-11(14)9-17/h6-8,11,14H,2-5,9,17H2,1H3,(H,18,19). The third-order valence-electron chi connectivity index (χ3n) is 3.89. The molecule has 0 aliphatic heterocycles. The van der Waals surface area contributed by atoms with E-state index in [0.29, 0.717) is 18.0 Å². The third kappa shape index (κ3) is 3.57. The average Bonchev–Trinajstić information content (AvgIpc) is 2.42. The van der Waals surface area contributed by atoms with Crippen molar-refractivity contribution in [2.24, 2.45) is 11.7 Å². The Bertz CT molecular complexity index is 461. The second-order valence-corrected chi connectivity index (χ2v) is 6.20. The van der Waals surface area contributed by atoms with Crippen LogP contribution in [0.3, 0.4) is 0 Å². The molecule has 19 heavy (non-hydrogen) atoms. The molecule has 104 valence electrons. The average molecular weight is 325 g/mol. The number of aryl methyl sites for hydroxylation is 1. The molecule has 1 amide bonds. The van der Waals surface area contributed by atoms with Crippen LogP contribution in [0.4, 0.5) is 0 Å². The lowest BCUT2D eigenvalue weighted by Crippen LogP contribution is -2.44. The molecule has 0 spiro atoms. The molecule has 3 nitrogen and oxygen atoms in total. The van der Waals surface area contributed by atoms with Gasteiger partial charge in [0.05, 0.1) is 5.56 Å². The van der Waals surface area contributed by atoms with Crippen molar-refractivity contribution in [1.29, 1.82) is 0 Å². The van der Waals surface area contributed by atoms with Crippen LogP contribution in [0.15, 0.2) is 22.7 Å². The fraction of sp³-hybridized carbons (Fsp3) is 0.533. The monoisotopic (exact) mass is 324 g/mol. The number of hydrogen-bond acceptors (Lipinski definition) is 2. The molecule has 1 fully saturated rings. The molecule has 0 heterocycles. The van der Waals surface area contributed by atoms with Gasteiger partial charge in [-0.05, 0) is 60.3 Å². The minimum absolute atomic E-state index is 0.000856. The summed E-state index contributed by atoms with van der Waals surface area (Å²) < 4.78 is 0.843. The number of nitrogens with one attached hydrogen (secondary N) is 1. The maximum atomic E-state index is 12.4. The molecule has 2 rings (SSSR count). The van der Waals surface area contributed by atoms with Crippen LogP contribution in [-0.2, 0) is 0 Å². The maximum absolute atomic E-state index is 12.4. The smallest absolute Gasteiger partial charge is 0.252 e. The van der Waals surface area contributed by atoms with Gasteiger partial charge in [-0.25, -0.2) is 0 Å². The summed E-state index contributed by atoms with van der Waals surface area (Å²) >= 11 is 3.44. The van der Waals surface area contributed by atoms with Crippen LogP contribution in [0.1, 0.15) is 41.6 Å². The lowest BCUT2D eigenvalue weighted by Gasteiger charge is -2.31. The number of nitrogens with two attached hydrogens (primary N) is 1. The topological polar surface area (TPSA) is 55.1 Å². The van der Waals surface area contributed by atoms with Crippen molar-refractivity contribution in [1.82, 2.24) is 5.32 Å². The maximum Gasteiger partial charge on any atom is 0.252 e. The van der Waals surface area contributed by atoms with Crippen LogP contribution in [0, 0.1) is 12.8 Å². The molecule has 1 aliphatic carbocycles. The van der Waals surface area contributed by atoms with Gasteiger partial charge in [-0.15, -0.1) is 0 Å². The van der Waals surface area contributed by atoms with E-state index >= 15 is 0 Å². The minimum atomic E-state index is 0.000856. The Kier molecular flexibility index (Phi) is 4.99. The molecule has 2 unspecified atom stereocenters. The summed E-state index contributed by atoms with van der Waals surface area (Å²) in [6.07, 6.45) is 4.56. The van der Waals surface area contributed by atoms with Crippen molar-refractivity contribution in [3.05, 3.63) is 33.8 Å². The molecule has 4 heteroatoms. The molecule has 0 saturated heterocycles. The first-order valence-corrected chi connectivity index (χ1v) is 7.68. The normalized spacial score (nSPS) is 23.1. The number of rotatable bonds is 3. The van der Waals surface area contributed by atoms with E-state index in [4.69, 9.17) is 5.73 Å². The number of benzene rings is 1. The van der Waals surface area contributed by atoms with E-state index in [1.54, 1.807) is 0 Å². The van der Waals surface area contributed by atoms with Crippen LogP contribution in [0.5, 0.6) is 0 Å². The summed E-state index contributed by atoms with van der Waals surface area (Å²) in [6, 6.07) is 6.05. The highest BCUT2D eigenvalue weighted by Crippen LogP contribution is 2.25. The van der Waals surface area contributed by atoms with Crippen LogP contribution < -0.4 is 11.1 Å². The predicted molar refractivity (Wildman–Crippen MR) is 81.1 cm³/mol. The first-order valence-electron chi connectivity index (χ1n) is 6.89. The van der Waals surface area contributed by atoms with E-state index < -0.39 is 0 Å². The summed E-state index contributed by atoms with van der Waals surface area (Å²) in [7, 11) is 0. The molecular formula is C15H21BrN2O. The lowest BCUT2D eigenvalue weighted by molar-refractivity contribution is 0.0907. The molecular weight excluding hydrogens is 304 g/mol. The Hall–Kier alpha value is -0.870. The van der Waals surface area contributed by atoms with Gasteiger partial charge >= 0.3 is 0 Å². The molecule has 1 saturated carbocycles. The Morgan fingerprint density at radius 3 is 2.89 bits per heavy atom. The minimum Gasteiger partial charge on any atom is -0.349 e.